The van der Waals surface area contributed by atoms with E-state index in [1.165, 1.54) is 0 Å². The van der Waals surface area contributed by atoms with Crippen LogP contribution in [0.1, 0.15) is 18.4 Å². The van der Waals surface area contributed by atoms with Crippen molar-refractivity contribution >= 4 is 38.2 Å². The van der Waals surface area contributed by atoms with Crippen molar-refractivity contribution in [3.8, 4) is 0 Å². The van der Waals surface area contributed by atoms with E-state index in [-0.39, 0.29) is 11.6 Å². The first kappa shape index (κ1) is 12.6. The SMILES string of the molecule is CCc1nc(CS(C)(=O)=O)nc(N)c1I. The molecule has 84 valence electrons. The average molecular weight is 341 g/mol. The largest absolute Gasteiger partial charge is 0.383 e. The predicted octanol–water partition coefficient (Wildman–Crippen LogP) is 0.770. The molecule has 1 heterocycles. The summed E-state index contributed by atoms with van der Waals surface area (Å²) in [6.07, 6.45) is 1.86. The molecule has 0 spiro atoms. The van der Waals surface area contributed by atoms with Crippen LogP contribution in [-0.4, -0.2) is 24.6 Å². The fraction of sp³-hybridized carbons (Fsp3) is 0.500. The van der Waals surface area contributed by atoms with E-state index in [1.54, 1.807) is 0 Å². The second-order valence-corrected chi connectivity index (χ2v) is 6.43. The van der Waals surface area contributed by atoms with Crippen LogP contribution in [0.2, 0.25) is 0 Å². The Bertz CT molecular complexity index is 473. The molecule has 1 rings (SSSR count). The van der Waals surface area contributed by atoms with Gasteiger partial charge in [-0.15, -0.1) is 0 Å². The van der Waals surface area contributed by atoms with Crippen LogP contribution >= 0.6 is 22.6 Å². The minimum Gasteiger partial charge on any atom is -0.383 e. The number of anilines is 1. The highest BCUT2D eigenvalue weighted by molar-refractivity contribution is 14.1. The Balaban J connectivity index is 3.17. The summed E-state index contributed by atoms with van der Waals surface area (Å²) in [7, 11) is -3.11. The lowest BCUT2D eigenvalue weighted by molar-refractivity contribution is 0.599. The van der Waals surface area contributed by atoms with Crippen LogP contribution in [-0.2, 0) is 22.0 Å². The number of nitrogens with zero attached hydrogens (tertiary/aromatic N) is 2. The summed E-state index contributed by atoms with van der Waals surface area (Å²) in [5.41, 5.74) is 6.46. The van der Waals surface area contributed by atoms with E-state index in [1.807, 2.05) is 6.92 Å². The molecular weight excluding hydrogens is 329 g/mol. The van der Waals surface area contributed by atoms with E-state index in [2.05, 4.69) is 32.6 Å². The third-order valence-electron chi connectivity index (χ3n) is 1.72. The normalized spacial score (nSPS) is 11.7. The summed E-state index contributed by atoms with van der Waals surface area (Å²) in [6.45, 7) is 1.94. The van der Waals surface area contributed by atoms with Gasteiger partial charge in [0.05, 0.1) is 9.26 Å². The Morgan fingerprint density at radius 1 is 1.40 bits per heavy atom. The maximum Gasteiger partial charge on any atom is 0.154 e. The van der Waals surface area contributed by atoms with Gasteiger partial charge in [-0.05, 0) is 29.0 Å². The van der Waals surface area contributed by atoms with Crippen molar-refractivity contribution in [2.75, 3.05) is 12.0 Å². The third-order valence-corrected chi connectivity index (χ3v) is 3.68. The topological polar surface area (TPSA) is 85.9 Å². The molecule has 0 unspecified atom stereocenters. The second-order valence-electron chi connectivity index (χ2n) is 3.21. The highest BCUT2D eigenvalue weighted by Crippen LogP contribution is 2.17. The van der Waals surface area contributed by atoms with Crippen molar-refractivity contribution in [2.45, 2.75) is 19.1 Å². The minimum absolute atomic E-state index is 0.166. The van der Waals surface area contributed by atoms with Crippen molar-refractivity contribution in [1.29, 1.82) is 0 Å². The van der Waals surface area contributed by atoms with Gasteiger partial charge >= 0.3 is 0 Å². The van der Waals surface area contributed by atoms with Gasteiger partial charge in [-0.2, -0.15) is 0 Å². The first-order valence-electron chi connectivity index (χ1n) is 4.32. The summed E-state index contributed by atoms with van der Waals surface area (Å²) in [6, 6.07) is 0. The Kier molecular flexibility index (Phi) is 3.87. The van der Waals surface area contributed by atoms with Gasteiger partial charge in [0.25, 0.3) is 0 Å². The highest BCUT2D eigenvalue weighted by atomic mass is 127. The quantitative estimate of drug-likeness (QED) is 0.821. The van der Waals surface area contributed by atoms with Gasteiger partial charge < -0.3 is 5.73 Å². The fourth-order valence-electron chi connectivity index (χ4n) is 1.10. The molecule has 0 atom stereocenters. The van der Waals surface area contributed by atoms with E-state index in [9.17, 15) is 8.42 Å². The number of hydrogen-bond acceptors (Lipinski definition) is 5. The zero-order chi connectivity index (χ0) is 11.6. The molecular formula is C8H12IN3O2S. The number of nitrogen functional groups attached to an aromatic ring is 1. The molecule has 0 radical (unpaired) electrons. The molecule has 0 aliphatic heterocycles. The van der Waals surface area contributed by atoms with Gasteiger partial charge in [0.1, 0.15) is 17.4 Å². The van der Waals surface area contributed by atoms with Crippen LogP contribution in [0.15, 0.2) is 0 Å². The average Bonchev–Trinajstić information content (AvgIpc) is 2.08. The maximum absolute atomic E-state index is 11.1. The van der Waals surface area contributed by atoms with Crippen LogP contribution in [0.5, 0.6) is 0 Å². The molecule has 0 saturated carbocycles. The van der Waals surface area contributed by atoms with Crippen molar-refractivity contribution in [1.82, 2.24) is 9.97 Å². The number of hydrogen-bond donors (Lipinski definition) is 1. The van der Waals surface area contributed by atoms with Crippen LogP contribution in [0.4, 0.5) is 5.82 Å². The molecule has 0 fully saturated rings. The molecule has 5 nitrogen and oxygen atoms in total. The molecule has 7 heteroatoms. The molecule has 0 aromatic carbocycles. The van der Waals surface area contributed by atoms with Gasteiger partial charge in [0.2, 0.25) is 0 Å². The first-order chi connectivity index (χ1) is 6.83. The van der Waals surface area contributed by atoms with Gasteiger partial charge in [-0.1, -0.05) is 6.92 Å². The van der Waals surface area contributed by atoms with Crippen LogP contribution in [0.3, 0.4) is 0 Å². The van der Waals surface area contributed by atoms with Crippen molar-refractivity contribution < 1.29 is 8.42 Å². The van der Waals surface area contributed by atoms with Crippen LogP contribution < -0.4 is 5.73 Å². The van der Waals surface area contributed by atoms with Crippen LogP contribution in [0.25, 0.3) is 0 Å². The third kappa shape index (κ3) is 3.56. The second kappa shape index (κ2) is 4.60. The lowest BCUT2D eigenvalue weighted by atomic mass is 10.3. The standard InChI is InChI=1S/C8H12IN3O2S/c1-3-5-7(9)8(10)12-6(11-5)4-15(2,13)14/h3-4H2,1-2H3,(H2,10,11,12). The Hall–Kier alpha value is -0.440. The summed E-state index contributed by atoms with van der Waals surface area (Å²) < 4.78 is 22.9. The number of rotatable bonds is 3. The van der Waals surface area contributed by atoms with Crippen molar-refractivity contribution in [2.24, 2.45) is 0 Å². The molecule has 0 amide bonds. The summed E-state index contributed by atoms with van der Waals surface area (Å²) >= 11 is 2.06. The summed E-state index contributed by atoms with van der Waals surface area (Å²) in [4.78, 5) is 8.11. The van der Waals surface area contributed by atoms with E-state index < -0.39 is 9.84 Å². The highest BCUT2D eigenvalue weighted by Gasteiger charge is 2.12. The Morgan fingerprint density at radius 2 is 2.00 bits per heavy atom. The fourth-order valence-corrected chi connectivity index (χ4v) is 2.32. The Morgan fingerprint density at radius 3 is 2.47 bits per heavy atom. The van der Waals surface area contributed by atoms with E-state index in [0.29, 0.717) is 12.2 Å². The predicted molar refractivity (Wildman–Crippen MR) is 67.1 cm³/mol. The summed E-state index contributed by atoms with van der Waals surface area (Å²) in [5.74, 6) is 0.453. The zero-order valence-electron chi connectivity index (χ0n) is 8.49. The number of halogens is 1. The molecule has 1 aromatic heterocycles. The molecule has 2 N–H and O–H groups in total. The lowest BCUT2D eigenvalue weighted by Gasteiger charge is -2.06. The van der Waals surface area contributed by atoms with E-state index in [4.69, 9.17) is 5.73 Å². The van der Waals surface area contributed by atoms with Crippen molar-refractivity contribution in [3.63, 3.8) is 0 Å². The van der Waals surface area contributed by atoms with E-state index in [0.717, 1.165) is 15.5 Å². The number of aryl methyl sites for hydroxylation is 1. The molecule has 0 bridgehead atoms. The molecule has 0 saturated heterocycles. The van der Waals surface area contributed by atoms with Crippen LogP contribution in [0, 0.1) is 3.57 Å². The molecule has 15 heavy (non-hydrogen) atoms. The Labute approximate surface area is 103 Å². The zero-order valence-corrected chi connectivity index (χ0v) is 11.5. The van der Waals surface area contributed by atoms with Gasteiger partial charge in [0, 0.05) is 6.26 Å². The number of nitrogens with two attached hydrogens (primary N) is 1. The molecule has 1 aromatic rings. The maximum atomic E-state index is 11.1. The van der Waals surface area contributed by atoms with Crippen molar-refractivity contribution in [3.05, 3.63) is 15.1 Å². The minimum atomic E-state index is -3.11. The monoisotopic (exact) mass is 341 g/mol. The van der Waals surface area contributed by atoms with Gasteiger partial charge in [-0.3, -0.25) is 0 Å². The van der Waals surface area contributed by atoms with Gasteiger partial charge in [-0.25, -0.2) is 18.4 Å². The number of sulfone groups is 1. The summed E-state index contributed by atoms with van der Waals surface area (Å²) in [5, 5.41) is 0. The molecule has 0 aliphatic rings. The first-order valence-corrected chi connectivity index (χ1v) is 7.46. The number of aromatic nitrogens is 2. The van der Waals surface area contributed by atoms with Gasteiger partial charge in [0.15, 0.2) is 9.84 Å². The molecule has 0 aliphatic carbocycles. The lowest BCUT2D eigenvalue weighted by Crippen LogP contribution is -2.10. The van der Waals surface area contributed by atoms with E-state index >= 15 is 0 Å². The smallest absolute Gasteiger partial charge is 0.154 e.